The van der Waals surface area contributed by atoms with E-state index in [1.807, 2.05) is 6.92 Å². The molecule has 23 heavy (non-hydrogen) atoms. The zero-order valence-electron chi connectivity index (χ0n) is 14.2. The van der Waals surface area contributed by atoms with Crippen LogP contribution in [0.4, 0.5) is 0 Å². The first kappa shape index (κ1) is 19.4. The van der Waals surface area contributed by atoms with Gasteiger partial charge in [-0.15, -0.1) is 0 Å². The van der Waals surface area contributed by atoms with Crippen molar-refractivity contribution in [2.45, 2.75) is 18.4 Å². The lowest BCUT2D eigenvalue weighted by molar-refractivity contribution is 0.152. The predicted octanol–water partition coefficient (Wildman–Crippen LogP) is 0.638. The highest BCUT2D eigenvalue weighted by Gasteiger charge is 2.16. The molecule has 0 aliphatic rings. The van der Waals surface area contributed by atoms with E-state index in [0.29, 0.717) is 32.3 Å². The lowest BCUT2D eigenvalue weighted by Crippen LogP contribution is -2.38. The van der Waals surface area contributed by atoms with Crippen molar-refractivity contribution in [2.75, 3.05) is 40.9 Å². The minimum Gasteiger partial charge on any atom is -0.380 e. The molecule has 2 N–H and O–H groups in total. The van der Waals surface area contributed by atoms with E-state index >= 15 is 0 Å². The maximum atomic E-state index is 12.0. The van der Waals surface area contributed by atoms with E-state index in [9.17, 15) is 8.42 Å². The number of nitrogens with one attached hydrogen (secondary N) is 2. The average molecular weight is 342 g/mol. The molecular formula is C15H26N4O3S. The summed E-state index contributed by atoms with van der Waals surface area (Å²) in [5.41, 5.74) is 0.968. The van der Waals surface area contributed by atoms with Crippen LogP contribution < -0.4 is 10.6 Å². The minimum atomic E-state index is -3.38. The Morgan fingerprint density at radius 1 is 1.22 bits per heavy atom. The molecule has 0 aliphatic heterocycles. The summed E-state index contributed by atoms with van der Waals surface area (Å²) >= 11 is 0. The van der Waals surface area contributed by atoms with Gasteiger partial charge in [-0.2, -0.15) is 0 Å². The van der Waals surface area contributed by atoms with E-state index in [4.69, 9.17) is 4.74 Å². The van der Waals surface area contributed by atoms with Gasteiger partial charge >= 0.3 is 0 Å². The normalized spacial score (nSPS) is 12.5. The number of hydrogen-bond donors (Lipinski definition) is 2. The molecule has 0 aromatic heterocycles. The zero-order valence-corrected chi connectivity index (χ0v) is 15.0. The molecule has 0 spiro atoms. The Balaban J connectivity index is 2.55. The molecule has 0 aliphatic carbocycles. The number of aliphatic imine (C=N–C) groups is 1. The molecule has 0 unspecified atom stereocenters. The Morgan fingerprint density at radius 3 is 2.39 bits per heavy atom. The maximum absolute atomic E-state index is 12.0. The molecule has 0 radical (unpaired) electrons. The summed E-state index contributed by atoms with van der Waals surface area (Å²) < 4.78 is 30.4. The summed E-state index contributed by atoms with van der Waals surface area (Å²) in [7, 11) is 1.35. The second-order valence-corrected chi connectivity index (χ2v) is 7.13. The topological polar surface area (TPSA) is 83.0 Å². The molecule has 1 aromatic rings. The first-order chi connectivity index (χ1) is 10.9. The summed E-state index contributed by atoms with van der Waals surface area (Å²) in [6, 6.07) is 6.79. The monoisotopic (exact) mass is 342 g/mol. The summed E-state index contributed by atoms with van der Waals surface area (Å²) in [6.07, 6.45) is 0. The molecule has 0 bridgehead atoms. The molecule has 0 saturated heterocycles. The van der Waals surface area contributed by atoms with E-state index in [-0.39, 0.29) is 4.90 Å². The molecular weight excluding hydrogens is 316 g/mol. The molecule has 0 atom stereocenters. The van der Waals surface area contributed by atoms with Gasteiger partial charge in [-0.3, -0.25) is 4.99 Å². The fourth-order valence-corrected chi connectivity index (χ4v) is 2.68. The lowest BCUT2D eigenvalue weighted by atomic mass is 10.2. The van der Waals surface area contributed by atoms with E-state index in [1.165, 1.54) is 18.4 Å². The van der Waals surface area contributed by atoms with Crippen molar-refractivity contribution in [2.24, 2.45) is 4.99 Å². The van der Waals surface area contributed by atoms with Crippen LogP contribution in [0.25, 0.3) is 0 Å². The molecule has 0 amide bonds. The van der Waals surface area contributed by atoms with Crippen LogP contribution in [0, 0.1) is 0 Å². The molecule has 1 aromatic carbocycles. The van der Waals surface area contributed by atoms with E-state index in [1.54, 1.807) is 31.3 Å². The number of guanidine groups is 1. The molecule has 1 rings (SSSR count). The Hall–Kier alpha value is -1.64. The fourth-order valence-electron chi connectivity index (χ4n) is 1.78. The standard InChI is InChI=1S/C15H26N4O3S/c1-5-22-11-10-17-15(16-2)18-12-13-6-8-14(9-7-13)23(20,21)19(3)4/h6-9H,5,10-12H2,1-4H3,(H2,16,17,18). The van der Waals surface area contributed by atoms with Gasteiger partial charge < -0.3 is 15.4 Å². The summed E-state index contributed by atoms with van der Waals surface area (Å²) in [5, 5.41) is 6.30. The van der Waals surface area contributed by atoms with Crippen molar-refractivity contribution in [1.29, 1.82) is 0 Å². The van der Waals surface area contributed by atoms with E-state index in [0.717, 1.165) is 5.56 Å². The van der Waals surface area contributed by atoms with Crippen molar-refractivity contribution < 1.29 is 13.2 Å². The van der Waals surface area contributed by atoms with Gasteiger partial charge in [0.15, 0.2) is 5.96 Å². The first-order valence-corrected chi connectivity index (χ1v) is 8.89. The first-order valence-electron chi connectivity index (χ1n) is 7.45. The van der Waals surface area contributed by atoms with Crippen molar-refractivity contribution in [3.63, 3.8) is 0 Å². The number of hydrogen-bond acceptors (Lipinski definition) is 4. The number of rotatable bonds is 8. The summed E-state index contributed by atoms with van der Waals surface area (Å²) in [6.45, 7) is 4.49. The third kappa shape index (κ3) is 6.17. The summed E-state index contributed by atoms with van der Waals surface area (Å²) in [5.74, 6) is 0.676. The maximum Gasteiger partial charge on any atom is 0.242 e. The van der Waals surface area contributed by atoms with Crippen LogP contribution >= 0.6 is 0 Å². The van der Waals surface area contributed by atoms with Crippen LogP contribution in [-0.2, 0) is 21.3 Å². The SMILES string of the molecule is CCOCCNC(=NC)NCc1ccc(S(=O)(=O)N(C)C)cc1. The summed E-state index contributed by atoms with van der Waals surface area (Å²) in [4.78, 5) is 4.40. The van der Waals surface area contributed by atoms with Crippen LogP contribution in [0.5, 0.6) is 0 Å². The Morgan fingerprint density at radius 2 is 1.87 bits per heavy atom. The van der Waals surface area contributed by atoms with Crippen LogP contribution in [0.15, 0.2) is 34.2 Å². The third-order valence-corrected chi connectivity index (χ3v) is 4.96. The quantitative estimate of drug-likeness (QED) is 0.411. The van der Waals surface area contributed by atoms with Gasteiger partial charge in [0.2, 0.25) is 10.0 Å². The number of ether oxygens (including phenoxy) is 1. The van der Waals surface area contributed by atoms with Crippen molar-refractivity contribution >= 4 is 16.0 Å². The second kappa shape index (κ2) is 9.49. The van der Waals surface area contributed by atoms with Gasteiger partial charge in [0.05, 0.1) is 11.5 Å². The second-order valence-electron chi connectivity index (χ2n) is 4.98. The molecule has 0 heterocycles. The molecule has 7 nitrogen and oxygen atoms in total. The average Bonchev–Trinajstić information content (AvgIpc) is 2.54. The fraction of sp³-hybridized carbons (Fsp3) is 0.533. The highest BCUT2D eigenvalue weighted by atomic mass is 32.2. The smallest absolute Gasteiger partial charge is 0.242 e. The zero-order chi connectivity index (χ0) is 17.3. The highest BCUT2D eigenvalue weighted by Crippen LogP contribution is 2.13. The van der Waals surface area contributed by atoms with E-state index < -0.39 is 10.0 Å². The van der Waals surface area contributed by atoms with Gasteiger partial charge in [0.25, 0.3) is 0 Å². The Labute approximate surface area is 138 Å². The Bertz CT molecular complexity index is 598. The lowest BCUT2D eigenvalue weighted by Gasteiger charge is -2.13. The van der Waals surface area contributed by atoms with Crippen molar-refractivity contribution in [3.8, 4) is 0 Å². The minimum absolute atomic E-state index is 0.283. The molecule has 130 valence electrons. The van der Waals surface area contributed by atoms with Gasteiger partial charge in [-0.05, 0) is 24.6 Å². The van der Waals surface area contributed by atoms with Crippen LogP contribution in [0.3, 0.4) is 0 Å². The predicted molar refractivity (Wildman–Crippen MR) is 92.0 cm³/mol. The number of nitrogens with zero attached hydrogens (tertiary/aromatic N) is 2. The van der Waals surface area contributed by atoms with Crippen LogP contribution in [0.1, 0.15) is 12.5 Å². The van der Waals surface area contributed by atoms with Crippen LogP contribution in [0.2, 0.25) is 0 Å². The number of sulfonamides is 1. The van der Waals surface area contributed by atoms with E-state index in [2.05, 4.69) is 15.6 Å². The van der Waals surface area contributed by atoms with Gasteiger partial charge in [0, 0.05) is 40.8 Å². The third-order valence-electron chi connectivity index (χ3n) is 3.13. The highest BCUT2D eigenvalue weighted by molar-refractivity contribution is 7.89. The Kier molecular flexibility index (Phi) is 8.01. The molecule has 8 heteroatoms. The van der Waals surface area contributed by atoms with Gasteiger partial charge in [-0.1, -0.05) is 12.1 Å². The van der Waals surface area contributed by atoms with Crippen molar-refractivity contribution in [1.82, 2.24) is 14.9 Å². The van der Waals surface area contributed by atoms with Crippen LogP contribution in [-0.4, -0.2) is 59.6 Å². The van der Waals surface area contributed by atoms with Gasteiger partial charge in [0.1, 0.15) is 0 Å². The molecule has 0 fully saturated rings. The van der Waals surface area contributed by atoms with Crippen molar-refractivity contribution in [3.05, 3.63) is 29.8 Å². The number of benzene rings is 1. The molecule has 0 saturated carbocycles. The van der Waals surface area contributed by atoms with Gasteiger partial charge in [-0.25, -0.2) is 12.7 Å². The largest absolute Gasteiger partial charge is 0.380 e.